The summed E-state index contributed by atoms with van der Waals surface area (Å²) in [5.41, 5.74) is 2.66. The minimum absolute atomic E-state index is 0.0624. The number of nitrogens with one attached hydrogen (secondary N) is 1. The number of aryl methyl sites for hydroxylation is 1. The van der Waals surface area contributed by atoms with Crippen LogP contribution in [0.2, 0.25) is 0 Å². The predicted molar refractivity (Wildman–Crippen MR) is 80.4 cm³/mol. The molecule has 1 aromatic rings. The zero-order chi connectivity index (χ0) is 14.3. The van der Waals surface area contributed by atoms with Gasteiger partial charge in [0.05, 0.1) is 5.60 Å². The van der Waals surface area contributed by atoms with Gasteiger partial charge >= 0.3 is 0 Å². The second-order valence-electron chi connectivity index (χ2n) is 5.54. The van der Waals surface area contributed by atoms with E-state index in [0.29, 0.717) is 6.04 Å². The van der Waals surface area contributed by atoms with Crippen LogP contribution in [0.15, 0.2) is 18.5 Å². The van der Waals surface area contributed by atoms with Crippen LogP contribution in [0.5, 0.6) is 0 Å². The van der Waals surface area contributed by atoms with Gasteiger partial charge in [-0.2, -0.15) is 0 Å². The molecule has 0 bridgehead atoms. The van der Waals surface area contributed by atoms with Crippen LogP contribution in [0, 0.1) is 0 Å². The lowest BCUT2D eigenvalue weighted by Crippen LogP contribution is -2.28. The molecule has 3 heteroatoms. The fraction of sp³-hybridized carbons (Fsp3) is 0.688. The molecule has 1 unspecified atom stereocenters. The fourth-order valence-corrected chi connectivity index (χ4v) is 2.28. The number of nitrogens with zero attached hydrogens (tertiary/aromatic N) is 1. The molecule has 19 heavy (non-hydrogen) atoms. The van der Waals surface area contributed by atoms with Gasteiger partial charge < -0.3 is 10.1 Å². The summed E-state index contributed by atoms with van der Waals surface area (Å²) in [7, 11) is 1.78. The third-order valence-corrected chi connectivity index (χ3v) is 3.74. The maximum Gasteiger partial charge on any atom is 0.0623 e. The first-order chi connectivity index (χ1) is 9.04. The van der Waals surface area contributed by atoms with Crippen molar-refractivity contribution >= 4 is 0 Å². The largest absolute Gasteiger partial charge is 0.379 e. The first kappa shape index (κ1) is 16.1. The Morgan fingerprint density at radius 1 is 1.37 bits per heavy atom. The first-order valence-corrected chi connectivity index (χ1v) is 7.25. The topological polar surface area (TPSA) is 34.1 Å². The average molecular weight is 264 g/mol. The predicted octanol–water partition coefficient (Wildman–Crippen LogP) is 3.50. The Morgan fingerprint density at radius 2 is 2.11 bits per heavy atom. The number of methoxy groups -OCH3 is 1. The van der Waals surface area contributed by atoms with Crippen molar-refractivity contribution in [2.45, 2.75) is 58.6 Å². The smallest absolute Gasteiger partial charge is 0.0623 e. The summed E-state index contributed by atoms with van der Waals surface area (Å²) in [6, 6.07) is 2.53. The van der Waals surface area contributed by atoms with Gasteiger partial charge in [0.15, 0.2) is 0 Å². The van der Waals surface area contributed by atoms with Crippen LogP contribution < -0.4 is 5.32 Å². The summed E-state index contributed by atoms with van der Waals surface area (Å²) in [5, 5.41) is 3.59. The van der Waals surface area contributed by atoms with Crippen molar-refractivity contribution in [2.24, 2.45) is 0 Å². The van der Waals surface area contributed by atoms with Crippen molar-refractivity contribution in [1.29, 1.82) is 0 Å². The molecule has 1 aromatic heterocycles. The Labute approximate surface area is 117 Å². The van der Waals surface area contributed by atoms with Crippen molar-refractivity contribution < 1.29 is 4.74 Å². The molecule has 0 saturated carbocycles. The van der Waals surface area contributed by atoms with Crippen molar-refractivity contribution in [2.75, 3.05) is 13.7 Å². The lowest BCUT2D eigenvalue weighted by atomic mass is 9.92. The molecule has 0 aromatic carbocycles. The van der Waals surface area contributed by atoms with E-state index in [4.69, 9.17) is 4.74 Å². The van der Waals surface area contributed by atoms with Gasteiger partial charge in [0.25, 0.3) is 0 Å². The zero-order valence-electron chi connectivity index (χ0n) is 13.0. The second kappa shape index (κ2) is 7.61. The van der Waals surface area contributed by atoms with E-state index >= 15 is 0 Å². The van der Waals surface area contributed by atoms with Gasteiger partial charge in [-0.25, -0.2) is 0 Å². The summed E-state index contributed by atoms with van der Waals surface area (Å²) in [4.78, 5) is 4.23. The molecule has 0 spiro atoms. The Bertz CT molecular complexity index is 377. The molecule has 0 aliphatic rings. The van der Waals surface area contributed by atoms with Crippen LogP contribution >= 0.6 is 0 Å². The molecule has 0 saturated heterocycles. The highest BCUT2D eigenvalue weighted by Gasteiger charge is 2.21. The highest BCUT2D eigenvalue weighted by molar-refractivity contribution is 5.26. The lowest BCUT2D eigenvalue weighted by Gasteiger charge is -2.27. The number of hydrogen-bond acceptors (Lipinski definition) is 3. The highest BCUT2D eigenvalue weighted by atomic mass is 16.5. The van der Waals surface area contributed by atoms with E-state index in [1.807, 2.05) is 12.4 Å². The molecule has 1 atom stereocenters. The van der Waals surface area contributed by atoms with Gasteiger partial charge in [-0.3, -0.25) is 4.98 Å². The van der Waals surface area contributed by atoms with E-state index in [9.17, 15) is 0 Å². The summed E-state index contributed by atoms with van der Waals surface area (Å²) in [6.07, 6.45) is 7.01. The van der Waals surface area contributed by atoms with Crippen LogP contribution in [0.4, 0.5) is 0 Å². The highest BCUT2D eigenvalue weighted by Crippen LogP contribution is 2.26. The van der Waals surface area contributed by atoms with Crippen LogP contribution in [-0.2, 0) is 11.2 Å². The average Bonchev–Trinajstić information content (AvgIpc) is 2.43. The Balaban J connectivity index is 2.82. The molecule has 1 N–H and O–H groups in total. The molecule has 1 rings (SSSR count). The van der Waals surface area contributed by atoms with Crippen molar-refractivity contribution in [3.63, 3.8) is 0 Å². The van der Waals surface area contributed by atoms with Crippen LogP contribution in [0.1, 0.15) is 57.7 Å². The standard InChI is InChI=1S/C16H28N2O/c1-6-13-12-17-11-9-14(13)15(18-7-2)8-10-16(3,4)19-5/h9,11-12,15,18H,6-8,10H2,1-5H3. The molecule has 1 heterocycles. The van der Waals surface area contributed by atoms with Crippen LogP contribution in [0.3, 0.4) is 0 Å². The number of rotatable bonds is 8. The normalized spacial score (nSPS) is 13.5. The maximum atomic E-state index is 5.52. The van der Waals surface area contributed by atoms with E-state index in [2.05, 4.69) is 44.1 Å². The quantitative estimate of drug-likeness (QED) is 0.780. The first-order valence-electron chi connectivity index (χ1n) is 7.25. The zero-order valence-corrected chi connectivity index (χ0v) is 13.0. The van der Waals surface area contributed by atoms with Gasteiger partial charge in [-0.15, -0.1) is 0 Å². The van der Waals surface area contributed by atoms with Gasteiger partial charge in [0.1, 0.15) is 0 Å². The monoisotopic (exact) mass is 264 g/mol. The third kappa shape index (κ3) is 4.92. The van der Waals surface area contributed by atoms with Gasteiger partial charge in [-0.05, 0) is 56.8 Å². The van der Waals surface area contributed by atoms with Gasteiger partial charge in [-0.1, -0.05) is 13.8 Å². The number of pyridine rings is 1. The number of ether oxygens (including phenoxy) is 1. The van der Waals surface area contributed by atoms with Crippen molar-refractivity contribution in [1.82, 2.24) is 10.3 Å². The molecule has 3 nitrogen and oxygen atoms in total. The molecule has 108 valence electrons. The van der Waals surface area contributed by atoms with Crippen LogP contribution in [-0.4, -0.2) is 24.2 Å². The molecule has 0 fully saturated rings. The fourth-order valence-electron chi connectivity index (χ4n) is 2.28. The van der Waals surface area contributed by atoms with E-state index in [0.717, 1.165) is 25.8 Å². The van der Waals surface area contributed by atoms with E-state index in [1.165, 1.54) is 11.1 Å². The summed E-state index contributed by atoms with van der Waals surface area (Å²) in [5.74, 6) is 0. The summed E-state index contributed by atoms with van der Waals surface area (Å²) < 4.78 is 5.52. The molecular weight excluding hydrogens is 236 g/mol. The molecule has 0 amide bonds. The third-order valence-electron chi connectivity index (χ3n) is 3.74. The van der Waals surface area contributed by atoms with E-state index < -0.39 is 0 Å². The molecule has 0 aliphatic heterocycles. The lowest BCUT2D eigenvalue weighted by molar-refractivity contribution is 0.0117. The summed E-state index contributed by atoms with van der Waals surface area (Å²) >= 11 is 0. The van der Waals surface area contributed by atoms with Gasteiger partial charge in [0, 0.05) is 25.5 Å². The minimum atomic E-state index is -0.0624. The number of hydrogen-bond donors (Lipinski definition) is 1. The van der Waals surface area contributed by atoms with Crippen LogP contribution in [0.25, 0.3) is 0 Å². The molecular formula is C16H28N2O. The van der Waals surface area contributed by atoms with Gasteiger partial charge in [0.2, 0.25) is 0 Å². The Kier molecular flexibility index (Phi) is 6.46. The molecule has 0 aliphatic carbocycles. The van der Waals surface area contributed by atoms with Crippen molar-refractivity contribution in [3.8, 4) is 0 Å². The molecule has 0 radical (unpaired) electrons. The second-order valence-corrected chi connectivity index (χ2v) is 5.54. The SMILES string of the molecule is CCNC(CCC(C)(C)OC)c1ccncc1CC. The van der Waals surface area contributed by atoms with Crippen molar-refractivity contribution in [3.05, 3.63) is 29.6 Å². The summed E-state index contributed by atoms with van der Waals surface area (Å²) in [6.45, 7) is 9.60. The minimum Gasteiger partial charge on any atom is -0.379 e. The Hall–Kier alpha value is -0.930. The van der Waals surface area contributed by atoms with E-state index in [1.54, 1.807) is 7.11 Å². The number of aromatic nitrogens is 1. The van der Waals surface area contributed by atoms with E-state index in [-0.39, 0.29) is 5.60 Å². The Morgan fingerprint density at radius 3 is 2.68 bits per heavy atom. The maximum absolute atomic E-state index is 5.52.